The molecule has 0 bridgehead atoms. The highest BCUT2D eigenvalue weighted by Gasteiger charge is 2.20. The molecule has 0 unspecified atom stereocenters. The van der Waals surface area contributed by atoms with Crippen molar-refractivity contribution in [3.63, 3.8) is 0 Å². The molecule has 0 N–H and O–H groups in total. The number of halogens is 3. The molecule has 4 nitrogen and oxygen atoms in total. The molecule has 3 rings (SSSR count). The van der Waals surface area contributed by atoms with Crippen LogP contribution in [0.4, 0.5) is 4.39 Å². The Kier molecular flexibility index (Phi) is 6.78. The second kappa shape index (κ2) is 9.31. The van der Waals surface area contributed by atoms with Gasteiger partial charge in [0.05, 0.1) is 9.92 Å². The van der Waals surface area contributed by atoms with E-state index in [2.05, 4.69) is 0 Å². The molecule has 8 heteroatoms. The number of rotatable bonds is 6. The van der Waals surface area contributed by atoms with Gasteiger partial charge in [-0.1, -0.05) is 41.4 Å². The zero-order valence-corrected chi connectivity index (χ0v) is 17.7. The SMILES string of the molecule is N#CC(=Cc1cccc(OCc2c(F)cccc2Cl)c1)S(=O)(=O)c1ccc(Cl)cc1. The number of hydrogen-bond acceptors (Lipinski definition) is 4. The largest absolute Gasteiger partial charge is 0.489 e. The minimum absolute atomic E-state index is 0.0405. The first-order valence-electron chi connectivity index (χ1n) is 8.59. The molecule has 0 spiro atoms. The molecular formula is C22H14Cl2FNO3S. The van der Waals surface area contributed by atoms with Crippen LogP contribution >= 0.6 is 23.2 Å². The fraction of sp³-hybridized carbons (Fsp3) is 0.0455. The molecule has 0 radical (unpaired) electrons. The lowest BCUT2D eigenvalue weighted by atomic mass is 10.2. The van der Waals surface area contributed by atoms with E-state index in [-0.39, 0.29) is 22.1 Å². The van der Waals surface area contributed by atoms with Crippen molar-refractivity contribution in [2.75, 3.05) is 0 Å². The molecule has 0 aromatic heterocycles. The molecular weight excluding hydrogens is 448 g/mol. The molecule has 0 saturated heterocycles. The topological polar surface area (TPSA) is 67.2 Å². The molecule has 3 aromatic rings. The monoisotopic (exact) mass is 461 g/mol. The van der Waals surface area contributed by atoms with E-state index in [9.17, 15) is 18.1 Å². The van der Waals surface area contributed by atoms with Crippen LogP contribution in [-0.2, 0) is 16.4 Å². The Labute approximate surface area is 183 Å². The Morgan fingerprint density at radius 3 is 2.43 bits per heavy atom. The molecule has 0 fully saturated rings. The van der Waals surface area contributed by atoms with Gasteiger partial charge in [-0.3, -0.25) is 0 Å². The standard InChI is InChI=1S/C22H14Cl2FNO3S/c23-16-7-9-18(10-8-16)30(27,28)19(13-26)12-15-3-1-4-17(11-15)29-14-20-21(24)5-2-6-22(20)25/h1-12H,14H2. The van der Waals surface area contributed by atoms with Gasteiger partial charge in [-0.05, 0) is 60.2 Å². The van der Waals surface area contributed by atoms with Gasteiger partial charge in [0.15, 0.2) is 0 Å². The van der Waals surface area contributed by atoms with E-state index in [1.54, 1.807) is 36.4 Å². The summed E-state index contributed by atoms with van der Waals surface area (Å²) >= 11 is 11.8. The number of nitriles is 1. The summed E-state index contributed by atoms with van der Waals surface area (Å²) in [5.74, 6) is -0.122. The number of allylic oxidation sites excluding steroid dienone is 1. The predicted octanol–water partition coefficient (Wildman–Crippen LogP) is 6.05. The van der Waals surface area contributed by atoms with Crippen molar-refractivity contribution in [2.24, 2.45) is 0 Å². The summed E-state index contributed by atoms with van der Waals surface area (Å²) in [6, 6.07) is 18.0. The van der Waals surface area contributed by atoms with Gasteiger partial charge in [0.1, 0.15) is 29.1 Å². The Balaban J connectivity index is 1.86. The first-order valence-corrected chi connectivity index (χ1v) is 10.8. The summed E-state index contributed by atoms with van der Waals surface area (Å²) < 4.78 is 44.9. The maximum Gasteiger partial charge on any atom is 0.216 e. The smallest absolute Gasteiger partial charge is 0.216 e. The van der Waals surface area contributed by atoms with Gasteiger partial charge in [-0.2, -0.15) is 5.26 Å². The maximum atomic E-state index is 13.9. The highest BCUT2D eigenvalue weighted by molar-refractivity contribution is 7.95. The van der Waals surface area contributed by atoms with Crippen LogP contribution in [0.1, 0.15) is 11.1 Å². The Hall–Kier alpha value is -2.85. The fourth-order valence-corrected chi connectivity index (χ4v) is 4.09. The van der Waals surface area contributed by atoms with Crippen LogP contribution in [0.15, 0.2) is 76.5 Å². The number of benzene rings is 3. The van der Waals surface area contributed by atoms with Gasteiger partial charge in [-0.25, -0.2) is 12.8 Å². The molecule has 152 valence electrons. The average molecular weight is 462 g/mol. The van der Waals surface area contributed by atoms with Crippen molar-refractivity contribution in [3.05, 3.63) is 98.6 Å². The summed E-state index contributed by atoms with van der Waals surface area (Å²) in [6.45, 7) is -0.104. The van der Waals surface area contributed by atoms with Crippen molar-refractivity contribution in [1.29, 1.82) is 5.26 Å². The van der Waals surface area contributed by atoms with Gasteiger partial charge < -0.3 is 4.74 Å². The van der Waals surface area contributed by atoms with E-state index in [0.717, 1.165) is 0 Å². The van der Waals surface area contributed by atoms with Gasteiger partial charge in [-0.15, -0.1) is 0 Å². The van der Waals surface area contributed by atoms with Crippen LogP contribution in [0.2, 0.25) is 10.0 Å². The van der Waals surface area contributed by atoms with Crippen LogP contribution in [0.25, 0.3) is 6.08 Å². The summed E-state index contributed by atoms with van der Waals surface area (Å²) in [7, 11) is -4.01. The predicted molar refractivity (Wildman–Crippen MR) is 114 cm³/mol. The van der Waals surface area contributed by atoms with E-state index in [4.69, 9.17) is 27.9 Å². The average Bonchev–Trinajstić information content (AvgIpc) is 2.72. The van der Waals surface area contributed by atoms with Gasteiger partial charge >= 0.3 is 0 Å². The molecule has 0 aliphatic heterocycles. The minimum atomic E-state index is -4.01. The Bertz CT molecular complexity index is 1230. The molecule has 0 aliphatic carbocycles. The van der Waals surface area contributed by atoms with Crippen LogP contribution in [0.5, 0.6) is 5.75 Å². The van der Waals surface area contributed by atoms with Crippen LogP contribution in [0.3, 0.4) is 0 Å². The quantitative estimate of drug-likeness (QED) is 0.419. The van der Waals surface area contributed by atoms with E-state index in [1.165, 1.54) is 42.5 Å². The lowest BCUT2D eigenvalue weighted by Crippen LogP contribution is -2.03. The van der Waals surface area contributed by atoms with E-state index in [0.29, 0.717) is 16.3 Å². The highest BCUT2D eigenvalue weighted by atomic mass is 35.5. The molecule has 30 heavy (non-hydrogen) atoms. The lowest BCUT2D eigenvalue weighted by molar-refractivity contribution is 0.300. The van der Waals surface area contributed by atoms with Crippen molar-refractivity contribution in [3.8, 4) is 11.8 Å². The van der Waals surface area contributed by atoms with Crippen LogP contribution in [0, 0.1) is 17.1 Å². The van der Waals surface area contributed by atoms with Crippen LogP contribution in [-0.4, -0.2) is 8.42 Å². The Morgan fingerprint density at radius 2 is 1.77 bits per heavy atom. The molecule has 0 heterocycles. The second-order valence-corrected chi connectivity index (χ2v) is 8.90. The molecule has 0 atom stereocenters. The molecule has 0 amide bonds. The van der Waals surface area contributed by atoms with E-state index < -0.39 is 20.6 Å². The third-order valence-electron chi connectivity index (χ3n) is 4.12. The number of nitrogens with zero attached hydrogens (tertiary/aromatic N) is 1. The normalized spacial score (nSPS) is 11.7. The first-order chi connectivity index (χ1) is 14.3. The van der Waals surface area contributed by atoms with Crippen molar-refractivity contribution in [1.82, 2.24) is 0 Å². The number of sulfone groups is 1. The third-order valence-corrected chi connectivity index (χ3v) is 6.41. The van der Waals surface area contributed by atoms with Crippen molar-refractivity contribution in [2.45, 2.75) is 11.5 Å². The van der Waals surface area contributed by atoms with Gasteiger partial charge in [0, 0.05) is 10.6 Å². The lowest BCUT2D eigenvalue weighted by Gasteiger charge is -2.09. The number of hydrogen-bond donors (Lipinski definition) is 0. The number of ether oxygens (including phenoxy) is 1. The summed E-state index contributed by atoms with van der Waals surface area (Å²) in [6.07, 6.45) is 1.24. The van der Waals surface area contributed by atoms with Crippen LogP contribution < -0.4 is 4.74 Å². The zero-order chi connectivity index (χ0) is 21.7. The van der Waals surface area contributed by atoms with Crippen molar-refractivity contribution >= 4 is 39.1 Å². The Morgan fingerprint density at radius 1 is 1.07 bits per heavy atom. The third kappa shape index (κ3) is 5.00. The summed E-state index contributed by atoms with van der Waals surface area (Å²) in [4.78, 5) is -0.472. The minimum Gasteiger partial charge on any atom is -0.489 e. The van der Waals surface area contributed by atoms with Gasteiger partial charge in [0.25, 0.3) is 0 Å². The summed E-state index contributed by atoms with van der Waals surface area (Å²) in [5.41, 5.74) is 0.643. The fourth-order valence-electron chi connectivity index (χ4n) is 2.58. The van der Waals surface area contributed by atoms with Gasteiger partial charge in [0.2, 0.25) is 9.84 Å². The first kappa shape index (κ1) is 21.8. The highest BCUT2D eigenvalue weighted by Crippen LogP contribution is 2.25. The molecule has 0 saturated carbocycles. The van der Waals surface area contributed by atoms with E-state index in [1.807, 2.05) is 0 Å². The molecule has 0 aliphatic rings. The second-order valence-electron chi connectivity index (χ2n) is 6.14. The van der Waals surface area contributed by atoms with E-state index >= 15 is 0 Å². The molecule has 3 aromatic carbocycles. The zero-order valence-electron chi connectivity index (χ0n) is 15.3. The maximum absolute atomic E-state index is 13.9. The summed E-state index contributed by atoms with van der Waals surface area (Å²) in [5, 5.41) is 10.0. The van der Waals surface area contributed by atoms with Crippen molar-refractivity contribution < 1.29 is 17.5 Å².